The Morgan fingerprint density at radius 1 is 1.50 bits per heavy atom. The lowest BCUT2D eigenvalue weighted by atomic mass is 10.2. The Balaban J connectivity index is 2.08. The Morgan fingerprint density at radius 3 is 2.94 bits per heavy atom. The fourth-order valence-electron chi connectivity index (χ4n) is 2.02. The summed E-state index contributed by atoms with van der Waals surface area (Å²) in [5.74, 6) is 0.951. The fourth-order valence-corrected chi connectivity index (χ4v) is 2.02. The van der Waals surface area contributed by atoms with Gasteiger partial charge in [-0.05, 0) is 20.5 Å². The van der Waals surface area contributed by atoms with Crippen molar-refractivity contribution in [3.8, 4) is 0 Å². The van der Waals surface area contributed by atoms with E-state index in [-0.39, 0.29) is 0 Å². The zero-order valence-electron chi connectivity index (χ0n) is 9.93. The van der Waals surface area contributed by atoms with E-state index in [9.17, 15) is 0 Å². The summed E-state index contributed by atoms with van der Waals surface area (Å²) in [6, 6.07) is 0.614. The van der Waals surface area contributed by atoms with Gasteiger partial charge in [0.05, 0.1) is 11.9 Å². The standard InChI is InChI=1S/C11H19N5/c1-15(2)10-3-4-16(8-10)11-7-13-6-9(5-12)14-11/h6-7,10H,3-5,8,12H2,1-2H3. The van der Waals surface area contributed by atoms with Crippen molar-refractivity contribution in [2.45, 2.75) is 19.0 Å². The normalized spacial score (nSPS) is 20.8. The van der Waals surface area contributed by atoms with Gasteiger partial charge in [0.15, 0.2) is 0 Å². The predicted octanol–water partition coefficient (Wildman–Crippen LogP) is 0.0756. The second-order valence-electron chi connectivity index (χ2n) is 4.42. The van der Waals surface area contributed by atoms with E-state index in [4.69, 9.17) is 5.73 Å². The average Bonchev–Trinajstić information content (AvgIpc) is 2.78. The molecule has 16 heavy (non-hydrogen) atoms. The lowest BCUT2D eigenvalue weighted by molar-refractivity contribution is 0.315. The number of hydrogen-bond donors (Lipinski definition) is 1. The van der Waals surface area contributed by atoms with Gasteiger partial charge in [0.25, 0.3) is 0 Å². The van der Waals surface area contributed by atoms with Crippen LogP contribution >= 0.6 is 0 Å². The van der Waals surface area contributed by atoms with Crippen molar-refractivity contribution in [3.63, 3.8) is 0 Å². The van der Waals surface area contributed by atoms with Crippen LogP contribution in [0.15, 0.2) is 12.4 Å². The maximum Gasteiger partial charge on any atom is 0.147 e. The van der Waals surface area contributed by atoms with Gasteiger partial charge in [-0.2, -0.15) is 0 Å². The lowest BCUT2D eigenvalue weighted by Crippen LogP contribution is -2.31. The number of nitrogens with two attached hydrogens (primary N) is 1. The smallest absolute Gasteiger partial charge is 0.147 e. The molecule has 1 aliphatic rings. The molecule has 0 aliphatic carbocycles. The Labute approximate surface area is 96.3 Å². The minimum atomic E-state index is 0.450. The molecule has 1 saturated heterocycles. The number of rotatable bonds is 3. The molecule has 88 valence electrons. The van der Waals surface area contributed by atoms with Crippen molar-refractivity contribution in [3.05, 3.63) is 18.1 Å². The van der Waals surface area contributed by atoms with Gasteiger partial charge < -0.3 is 15.5 Å². The third-order valence-corrected chi connectivity index (χ3v) is 3.10. The van der Waals surface area contributed by atoms with E-state index in [1.807, 2.05) is 6.20 Å². The molecule has 1 unspecified atom stereocenters. The second-order valence-corrected chi connectivity index (χ2v) is 4.42. The van der Waals surface area contributed by atoms with Gasteiger partial charge in [-0.15, -0.1) is 0 Å². The fraction of sp³-hybridized carbons (Fsp3) is 0.636. The largest absolute Gasteiger partial charge is 0.354 e. The highest BCUT2D eigenvalue weighted by Crippen LogP contribution is 2.19. The second kappa shape index (κ2) is 4.76. The van der Waals surface area contributed by atoms with Gasteiger partial charge in [-0.3, -0.25) is 4.98 Å². The lowest BCUT2D eigenvalue weighted by Gasteiger charge is -2.21. The van der Waals surface area contributed by atoms with Gasteiger partial charge in [-0.1, -0.05) is 0 Å². The maximum absolute atomic E-state index is 5.56. The van der Waals surface area contributed by atoms with Crippen LogP contribution in [0.1, 0.15) is 12.1 Å². The SMILES string of the molecule is CN(C)C1CCN(c2cncc(CN)n2)C1. The zero-order valence-corrected chi connectivity index (χ0v) is 9.93. The van der Waals surface area contributed by atoms with Crippen LogP contribution in [0.4, 0.5) is 5.82 Å². The molecule has 0 aromatic carbocycles. The Hall–Kier alpha value is -1.20. The number of hydrogen-bond acceptors (Lipinski definition) is 5. The van der Waals surface area contributed by atoms with Gasteiger partial charge in [-0.25, -0.2) is 4.98 Å². The number of aromatic nitrogens is 2. The van der Waals surface area contributed by atoms with E-state index in [1.165, 1.54) is 6.42 Å². The molecule has 5 nitrogen and oxygen atoms in total. The van der Waals surface area contributed by atoms with E-state index in [0.29, 0.717) is 12.6 Å². The van der Waals surface area contributed by atoms with Crippen LogP contribution in [0.3, 0.4) is 0 Å². The molecule has 0 saturated carbocycles. The third kappa shape index (κ3) is 2.31. The monoisotopic (exact) mass is 221 g/mol. The minimum Gasteiger partial charge on any atom is -0.354 e. The molecule has 1 fully saturated rings. The summed E-state index contributed by atoms with van der Waals surface area (Å²) >= 11 is 0. The van der Waals surface area contributed by atoms with Gasteiger partial charge in [0.2, 0.25) is 0 Å². The highest BCUT2D eigenvalue weighted by atomic mass is 15.3. The highest BCUT2D eigenvalue weighted by Gasteiger charge is 2.24. The molecular formula is C11H19N5. The first-order chi connectivity index (χ1) is 7.70. The molecule has 1 atom stereocenters. The zero-order chi connectivity index (χ0) is 11.5. The third-order valence-electron chi connectivity index (χ3n) is 3.10. The molecule has 1 aliphatic heterocycles. The van der Waals surface area contributed by atoms with E-state index in [2.05, 4.69) is 33.9 Å². The first kappa shape index (κ1) is 11.3. The van der Waals surface area contributed by atoms with Crippen molar-refractivity contribution < 1.29 is 0 Å². The summed E-state index contributed by atoms with van der Waals surface area (Å²) < 4.78 is 0. The van der Waals surface area contributed by atoms with Crippen LogP contribution in [0, 0.1) is 0 Å². The molecule has 0 radical (unpaired) electrons. The summed E-state index contributed by atoms with van der Waals surface area (Å²) in [7, 11) is 4.24. The van der Waals surface area contributed by atoms with Crippen LogP contribution in [0.25, 0.3) is 0 Å². The Bertz CT molecular complexity index is 352. The Kier molecular flexibility index (Phi) is 3.36. The van der Waals surface area contributed by atoms with Crippen LogP contribution in [-0.4, -0.2) is 48.1 Å². The van der Waals surface area contributed by atoms with E-state index in [1.54, 1.807) is 6.20 Å². The molecule has 0 bridgehead atoms. The Morgan fingerprint density at radius 2 is 2.31 bits per heavy atom. The molecule has 0 spiro atoms. The number of likely N-dealkylation sites (N-methyl/N-ethyl adjacent to an activating group) is 1. The summed E-state index contributed by atoms with van der Waals surface area (Å²) in [5.41, 5.74) is 6.42. The topological polar surface area (TPSA) is 58.3 Å². The average molecular weight is 221 g/mol. The number of nitrogens with zero attached hydrogens (tertiary/aromatic N) is 4. The molecule has 5 heteroatoms. The summed E-state index contributed by atoms with van der Waals surface area (Å²) in [6.45, 7) is 2.52. The van der Waals surface area contributed by atoms with E-state index in [0.717, 1.165) is 24.6 Å². The maximum atomic E-state index is 5.56. The van der Waals surface area contributed by atoms with Crippen molar-refractivity contribution in [1.82, 2.24) is 14.9 Å². The highest BCUT2D eigenvalue weighted by molar-refractivity contribution is 5.38. The molecule has 2 rings (SSSR count). The first-order valence-corrected chi connectivity index (χ1v) is 5.63. The molecule has 1 aromatic heterocycles. The molecule has 2 N–H and O–H groups in total. The minimum absolute atomic E-state index is 0.450. The molecule has 2 heterocycles. The van der Waals surface area contributed by atoms with E-state index < -0.39 is 0 Å². The van der Waals surface area contributed by atoms with Crippen molar-refractivity contribution >= 4 is 5.82 Å². The molecule has 1 aromatic rings. The summed E-state index contributed by atoms with van der Waals surface area (Å²) in [5, 5.41) is 0. The van der Waals surface area contributed by atoms with Gasteiger partial charge >= 0.3 is 0 Å². The quantitative estimate of drug-likeness (QED) is 0.783. The molecule has 0 amide bonds. The van der Waals surface area contributed by atoms with Crippen LogP contribution in [0.2, 0.25) is 0 Å². The van der Waals surface area contributed by atoms with Gasteiger partial charge in [0.1, 0.15) is 5.82 Å². The van der Waals surface area contributed by atoms with Crippen molar-refractivity contribution in [1.29, 1.82) is 0 Å². The van der Waals surface area contributed by atoms with Crippen molar-refractivity contribution in [2.75, 3.05) is 32.1 Å². The van der Waals surface area contributed by atoms with Gasteiger partial charge in [0, 0.05) is 31.9 Å². The first-order valence-electron chi connectivity index (χ1n) is 5.63. The summed E-state index contributed by atoms with van der Waals surface area (Å²) in [6.07, 6.45) is 4.72. The predicted molar refractivity (Wildman–Crippen MR) is 64.2 cm³/mol. The summed E-state index contributed by atoms with van der Waals surface area (Å²) in [4.78, 5) is 13.2. The van der Waals surface area contributed by atoms with E-state index >= 15 is 0 Å². The van der Waals surface area contributed by atoms with Crippen LogP contribution in [-0.2, 0) is 6.54 Å². The van der Waals surface area contributed by atoms with Crippen LogP contribution in [0.5, 0.6) is 0 Å². The van der Waals surface area contributed by atoms with Crippen LogP contribution < -0.4 is 10.6 Å². The molecular weight excluding hydrogens is 202 g/mol. The van der Waals surface area contributed by atoms with Crippen molar-refractivity contribution in [2.24, 2.45) is 5.73 Å². The number of anilines is 1.